The number of aliphatic hydroxyl groups excluding tert-OH is 1. The quantitative estimate of drug-likeness (QED) is 0.801. The zero-order valence-electron chi connectivity index (χ0n) is 9.25. The van der Waals surface area contributed by atoms with Crippen molar-refractivity contribution in [3.05, 3.63) is 35.9 Å². The Balaban J connectivity index is 1.66. The number of hydrogen-bond donors (Lipinski definition) is 1. The molecule has 0 aromatic heterocycles. The SMILES string of the molecule is O[C@H]1[C@H]2CO[C@@H]1CN(Cc1ccccc1)C2. The van der Waals surface area contributed by atoms with Gasteiger partial charge in [0.25, 0.3) is 0 Å². The second-order valence-electron chi connectivity index (χ2n) is 4.80. The molecule has 16 heavy (non-hydrogen) atoms. The van der Waals surface area contributed by atoms with Gasteiger partial charge in [-0.1, -0.05) is 30.3 Å². The lowest BCUT2D eigenvalue weighted by Crippen LogP contribution is -2.47. The molecule has 3 rings (SSSR count). The van der Waals surface area contributed by atoms with E-state index in [0.29, 0.717) is 5.92 Å². The van der Waals surface area contributed by atoms with Gasteiger partial charge in [0, 0.05) is 25.6 Å². The molecule has 3 nitrogen and oxygen atoms in total. The molecule has 2 aliphatic rings. The van der Waals surface area contributed by atoms with Crippen molar-refractivity contribution in [2.45, 2.75) is 18.8 Å². The van der Waals surface area contributed by atoms with E-state index in [-0.39, 0.29) is 12.2 Å². The molecule has 1 aromatic carbocycles. The lowest BCUT2D eigenvalue weighted by molar-refractivity contribution is -0.0105. The predicted octanol–water partition coefficient (Wildman–Crippen LogP) is 0.878. The summed E-state index contributed by atoms with van der Waals surface area (Å²) in [5, 5.41) is 9.84. The minimum Gasteiger partial charge on any atom is -0.390 e. The van der Waals surface area contributed by atoms with E-state index in [4.69, 9.17) is 4.74 Å². The summed E-state index contributed by atoms with van der Waals surface area (Å²) in [4.78, 5) is 2.38. The van der Waals surface area contributed by atoms with Gasteiger partial charge in [0.15, 0.2) is 0 Å². The van der Waals surface area contributed by atoms with Crippen LogP contribution in [0.1, 0.15) is 5.56 Å². The molecular weight excluding hydrogens is 202 g/mol. The van der Waals surface area contributed by atoms with Gasteiger partial charge in [-0.2, -0.15) is 0 Å². The molecule has 1 aromatic rings. The maximum atomic E-state index is 9.84. The molecule has 0 aliphatic carbocycles. The van der Waals surface area contributed by atoms with Gasteiger partial charge in [0.1, 0.15) is 0 Å². The van der Waals surface area contributed by atoms with Crippen LogP contribution in [-0.2, 0) is 11.3 Å². The van der Waals surface area contributed by atoms with Gasteiger partial charge < -0.3 is 9.84 Å². The first-order chi connectivity index (χ1) is 7.83. The molecule has 2 fully saturated rings. The van der Waals surface area contributed by atoms with Gasteiger partial charge in [-0.3, -0.25) is 4.90 Å². The second-order valence-corrected chi connectivity index (χ2v) is 4.80. The van der Waals surface area contributed by atoms with Crippen LogP contribution in [0.25, 0.3) is 0 Å². The number of nitrogens with zero attached hydrogens (tertiary/aromatic N) is 1. The molecule has 3 heteroatoms. The number of rotatable bonds is 2. The van der Waals surface area contributed by atoms with E-state index in [9.17, 15) is 5.11 Å². The first-order valence-electron chi connectivity index (χ1n) is 5.89. The van der Waals surface area contributed by atoms with E-state index in [2.05, 4.69) is 29.2 Å². The number of ether oxygens (including phenoxy) is 1. The molecule has 2 heterocycles. The molecule has 0 unspecified atom stereocenters. The van der Waals surface area contributed by atoms with Crippen LogP contribution in [0.5, 0.6) is 0 Å². The smallest absolute Gasteiger partial charge is 0.0964 e. The summed E-state index contributed by atoms with van der Waals surface area (Å²) < 4.78 is 5.57. The minimum absolute atomic E-state index is 0.0301. The molecule has 1 N–H and O–H groups in total. The molecule has 0 saturated carbocycles. The predicted molar refractivity (Wildman–Crippen MR) is 61.0 cm³/mol. The summed E-state index contributed by atoms with van der Waals surface area (Å²) in [6.07, 6.45) is -0.213. The molecule has 2 bridgehead atoms. The van der Waals surface area contributed by atoms with Gasteiger partial charge in [-0.05, 0) is 5.56 Å². The fourth-order valence-electron chi connectivity index (χ4n) is 2.70. The number of likely N-dealkylation sites (tertiary alicyclic amines) is 1. The van der Waals surface area contributed by atoms with Crippen molar-refractivity contribution in [3.8, 4) is 0 Å². The fraction of sp³-hybridized carbons (Fsp3) is 0.538. The maximum Gasteiger partial charge on any atom is 0.0964 e. The lowest BCUT2D eigenvalue weighted by Gasteiger charge is -2.33. The van der Waals surface area contributed by atoms with Crippen molar-refractivity contribution < 1.29 is 9.84 Å². The summed E-state index contributed by atoms with van der Waals surface area (Å²) in [6, 6.07) is 10.5. The fourth-order valence-corrected chi connectivity index (χ4v) is 2.70. The molecule has 86 valence electrons. The highest BCUT2D eigenvalue weighted by Crippen LogP contribution is 2.28. The summed E-state index contributed by atoms with van der Waals surface area (Å²) in [5.41, 5.74) is 1.33. The van der Waals surface area contributed by atoms with Crippen LogP contribution in [0.3, 0.4) is 0 Å². The Hall–Kier alpha value is -0.900. The van der Waals surface area contributed by atoms with Crippen LogP contribution >= 0.6 is 0 Å². The van der Waals surface area contributed by atoms with Crippen molar-refractivity contribution in [2.75, 3.05) is 19.7 Å². The summed E-state index contributed by atoms with van der Waals surface area (Å²) in [5.74, 6) is 0.308. The molecular formula is C13H17NO2. The first kappa shape index (κ1) is 10.3. The van der Waals surface area contributed by atoms with Crippen molar-refractivity contribution in [3.63, 3.8) is 0 Å². The number of hydrogen-bond acceptors (Lipinski definition) is 3. The van der Waals surface area contributed by atoms with Crippen molar-refractivity contribution >= 4 is 0 Å². The Morgan fingerprint density at radius 1 is 1.25 bits per heavy atom. The Labute approximate surface area is 95.6 Å². The average Bonchev–Trinajstić information content (AvgIpc) is 2.54. The Morgan fingerprint density at radius 2 is 2.06 bits per heavy atom. The minimum atomic E-state index is -0.243. The molecule has 0 radical (unpaired) electrons. The van der Waals surface area contributed by atoms with E-state index in [0.717, 1.165) is 26.2 Å². The van der Waals surface area contributed by atoms with Gasteiger partial charge >= 0.3 is 0 Å². The largest absolute Gasteiger partial charge is 0.390 e. The maximum absolute atomic E-state index is 9.84. The first-order valence-corrected chi connectivity index (χ1v) is 5.89. The summed E-state index contributed by atoms with van der Waals surface area (Å²) in [7, 11) is 0. The van der Waals surface area contributed by atoms with Crippen molar-refractivity contribution in [2.24, 2.45) is 5.92 Å². The third kappa shape index (κ3) is 1.86. The van der Waals surface area contributed by atoms with Gasteiger partial charge in [0.2, 0.25) is 0 Å². The molecule has 0 spiro atoms. The van der Waals surface area contributed by atoms with E-state index in [1.807, 2.05) is 6.07 Å². The summed E-state index contributed by atoms with van der Waals surface area (Å²) in [6.45, 7) is 3.49. The van der Waals surface area contributed by atoms with Crippen LogP contribution < -0.4 is 0 Å². The third-order valence-electron chi connectivity index (χ3n) is 3.57. The van der Waals surface area contributed by atoms with Gasteiger partial charge in [-0.15, -0.1) is 0 Å². The van der Waals surface area contributed by atoms with E-state index < -0.39 is 0 Å². The lowest BCUT2D eigenvalue weighted by atomic mass is 9.96. The van der Waals surface area contributed by atoms with E-state index in [1.54, 1.807) is 0 Å². The van der Waals surface area contributed by atoms with Crippen molar-refractivity contribution in [1.82, 2.24) is 4.90 Å². The van der Waals surface area contributed by atoms with Gasteiger partial charge in [0.05, 0.1) is 18.8 Å². The van der Waals surface area contributed by atoms with Crippen LogP contribution in [0.4, 0.5) is 0 Å². The normalized spacial score (nSPS) is 34.2. The average molecular weight is 219 g/mol. The standard InChI is InChI=1S/C13H17NO2/c15-13-11-7-14(8-12(13)16-9-11)6-10-4-2-1-3-5-10/h1-5,11-13,15H,6-9H2/t11-,12-,13+/m1/s1. The molecule has 2 aliphatic heterocycles. The number of fused-ring (bicyclic) bond motifs is 2. The molecule has 2 saturated heterocycles. The Kier molecular flexibility index (Phi) is 2.67. The van der Waals surface area contributed by atoms with Crippen LogP contribution in [-0.4, -0.2) is 41.9 Å². The highest BCUT2D eigenvalue weighted by molar-refractivity contribution is 5.14. The third-order valence-corrected chi connectivity index (χ3v) is 3.57. The topological polar surface area (TPSA) is 32.7 Å². The second kappa shape index (κ2) is 4.17. The highest BCUT2D eigenvalue weighted by Gasteiger charge is 2.41. The van der Waals surface area contributed by atoms with Crippen LogP contribution in [0.15, 0.2) is 30.3 Å². The highest BCUT2D eigenvalue weighted by atomic mass is 16.5. The van der Waals surface area contributed by atoms with E-state index >= 15 is 0 Å². The Bertz CT molecular complexity index is 340. The zero-order valence-corrected chi connectivity index (χ0v) is 9.25. The number of benzene rings is 1. The van der Waals surface area contributed by atoms with Crippen LogP contribution in [0.2, 0.25) is 0 Å². The van der Waals surface area contributed by atoms with Crippen LogP contribution in [0, 0.1) is 5.92 Å². The Morgan fingerprint density at radius 3 is 2.81 bits per heavy atom. The molecule has 3 atom stereocenters. The van der Waals surface area contributed by atoms with Crippen molar-refractivity contribution in [1.29, 1.82) is 0 Å². The molecule has 0 amide bonds. The summed E-state index contributed by atoms with van der Waals surface area (Å²) >= 11 is 0. The number of aliphatic hydroxyl groups is 1. The monoisotopic (exact) mass is 219 g/mol. The zero-order chi connectivity index (χ0) is 11.0. The van der Waals surface area contributed by atoms with E-state index in [1.165, 1.54) is 5.56 Å². The van der Waals surface area contributed by atoms with Gasteiger partial charge in [-0.25, -0.2) is 0 Å². The number of piperidine rings is 1.